The number of rotatable bonds is 6. The van der Waals surface area contributed by atoms with E-state index in [1.54, 1.807) is 19.2 Å². The van der Waals surface area contributed by atoms with Crippen molar-refractivity contribution in [2.45, 2.75) is 50.3 Å². The second-order valence-corrected chi connectivity index (χ2v) is 7.14. The highest BCUT2D eigenvalue weighted by Gasteiger charge is 2.26. The lowest BCUT2D eigenvalue weighted by Crippen LogP contribution is -2.46. The molecule has 134 valence electrons. The maximum atomic E-state index is 13.4. The topological polar surface area (TPSA) is 44.7 Å². The first-order valence-electron chi connectivity index (χ1n) is 9.09. The van der Waals surface area contributed by atoms with Crippen molar-refractivity contribution in [3.05, 3.63) is 35.1 Å². The van der Waals surface area contributed by atoms with Crippen molar-refractivity contribution in [3.63, 3.8) is 0 Å². The Morgan fingerprint density at radius 1 is 1.33 bits per heavy atom. The van der Waals surface area contributed by atoms with Crippen LogP contribution in [0.4, 0.5) is 4.39 Å². The molecule has 0 amide bonds. The number of nitrogens with one attached hydrogen (secondary N) is 1. The molecule has 4 nitrogen and oxygen atoms in total. The van der Waals surface area contributed by atoms with Gasteiger partial charge in [-0.1, -0.05) is 6.07 Å². The van der Waals surface area contributed by atoms with E-state index in [1.807, 2.05) is 6.07 Å². The van der Waals surface area contributed by atoms with Crippen molar-refractivity contribution < 1.29 is 14.2 Å². The minimum Gasteiger partial charge on any atom is -0.389 e. The minimum absolute atomic E-state index is 0.127. The number of β-amino-alcohol motifs (C(OH)–C–C–N with tert-alkyl or cyclic N) is 1. The van der Waals surface area contributed by atoms with E-state index in [0.29, 0.717) is 25.2 Å². The third-order valence-corrected chi connectivity index (χ3v) is 5.27. The number of benzene rings is 1. The molecule has 0 saturated carbocycles. The first-order valence-corrected chi connectivity index (χ1v) is 9.09. The van der Waals surface area contributed by atoms with Crippen molar-refractivity contribution in [2.24, 2.45) is 0 Å². The Kier molecular flexibility index (Phi) is 6.22. The third kappa shape index (κ3) is 4.54. The Hall–Kier alpha value is -1.01. The predicted molar refractivity (Wildman–Crippen MR) is 92.6 cm³/mol. The smallest absolute Gasteiger partial charge is 0.123 e. The summed E-state index contributed by atoms with van der Waals surface area (Å²) in [6, 6.07) is 6.09. The molecule has 2 N–H and O–H groups in total. The van der Waals surface area contributed by atoms with E-state index in [4.69, 9.17) is 4.74 Å². The summed E-state index contributed by atoms with van der Waals surface area (Å²) in [5, 5.41) is 13.6. The van der Waals surface area contributed by atoms with Gasteiger partial charge in [0.05, 0.1) is 12.7 Å². The Morgan fingerprint density at radius 3 is 2.88 bits per heavy atom. The van der Waals surface area contributed by atoms with Gasteiger partial charge in [-0.25, -0.2) is 4.39 Å². The van der Waals surface area contributed by atoms with Crippen LogP contribution < -0.4 is 5.32 Å². The molecule has 1 fully saturated rings. The lowest BCUT2D eigenvalue weighted by molar-refractivity contribution is 0.0306. The number of piperidine rings is 1. The summed E-state index contributed by atoms with van der Waals surface area (Å²) >= 11 is 0. The summed E-state index contributed by atoms with van der Waals surface area (Å²) in [7, 11) is 1.62. The van der Waals surface area contributed by atoms with Crippen LogP contribution in [-0.4, -0.2) is 55.5 Å². The molecule has 2 atom stereocenters. The van der Waals surface area contributed by atoms with E-state index in [1.165, 1.54) is 11.1 Å². The van der Waals surface area contributed by atoms with Gasteiger partial charge in [0, 0.05) is 25.7 Å². The van der Waals surface area contributed by atoms with E-state index in [2.05, 4.69) is 10.2 Å². The molecule has 0 radical (unpaired) electrons. The van der Waals surface area contributed by atoms with Crippen LogP contribution in [0.5, 0.6) is 0 Å². The van der Waals surface area contributed by atoms with Gasteiger partial charge in [0.25, 0.3) is 0 Å². The Morgan fingerprint density at radius 2 is 2.12 bits per heavy atom. The molecular weight excluding hydrogens is 307 g/mol. The maximum Gasteiger partial charge on any atom is 0.123 e. The number of likely N-dealkylation sites (tertiary alicyclic amines) is 1. The van der Waals surface area contributed by atoms with E-state index in [9.17, 15) is 9.50 Å². The predicted octanol–water partition coefficient (Wildman–Crippen LogP) is 2.26. The van der Waals surface area contributed by atoms with Crippen LogP contribution in [0, 0.1) is 5.82 Å². The molecule has 1 aliphatic heterocycles. The van der Waals surface area contributed by atoms with Crippen molar-refractivity contribution in [1.82, 2.24) is 10.2 Å². The maximum absolute atomic E-state index is 13.4. The number of aliphatic hydroxyl groups is 1. The summed E-state index contributed by atoms with van der Waals surface area (Å²) in [5.41, 5.74) is 2.44. The fourth-order valence-electron chi connectivity index (χ4n) is 4.07. The monoisotopic (exact) mass is 336 g/mol. The molecule has 24 heavy (non-hydrogen) atoms. The van der Waals surface area contributed by atoms with Gasteiger partial charge in [-0.15, -0.1) is 0 Å². The molecule has 0 bridgehead atoms. The number of fused-ring (bicyclic) bond motifs is 1. The molecule has 1 aromatic rings. The summed E-state index contributed by atoms with van der Waals surface area (Å²) in [4.78, 5) is 2.31. The second kappa shape index (κ2) is 8.39. The van der Waals surface area contributed by atoms with Crippen molar-refractivity contribution in [3.8, 4) is 0 Å². The summed E-state index contributed by atoms with van der Waals surface area (Å²) in [6.07, 6.45) is 5.02. The number of aliphatic hydroxyl groups excluding tert-OH is 1. The first kappa shape index (κ1) is 17.8. The Labute approximate surface area is 144 Å². The van der Waals surface area contributed by atoms with Crippen LogP contribution in [0.3, 0.4) is 0 Å². The number of aryl methyl sites for hydroxylation is 1. The third-order valence-electron chi connectivity index (χ3n) is 5.27. The van der Waals surface area contributed by atoms with Gasteiger partial charge < -0.3 is 20.1 Å². The highest BCUT2D eigenvalue weighted by Crippen LogP contribution is 2.31. The number of hydrogen-bond acceptors (Lipinski definition) is 4. The van der Waals surface area contributed by atoms with Crippen LogP contribution in [0.25, 0.3) is 0 Å². The SMILES string of the molecule is COC[C@H](O)CN1CCC(N[C@H]2CCCc3cc(F)ccc32)CC1. The number of methoxy groups -OCH3 is 1. The molecule has 2 aliphatic rings. The first-order chi connectivity index (χ1) is 11.7. The van der Waals surface area contributed by atoms with Gasteiger partial charge in [0.2, 0.25) is 0 Å². The Bertz CT molecular complexity index is 532. The zero-order chi connectivity index (χ0) is 16.9. The number of ether oxygens (including phenoxy) is 1. The molecule has 0 aromatic heterocycles. The molecule has 3 rings (SSSR count). The van der Waals surface area contributed by atoms with Gasteiger partial charge >= 0.3 is 0 Å². The van der Waals surface area contributed by atoms with Crippen LogP contribution in [0.2, 0.25) is 0 Å². The minimum atomic E-state index is -0.403. The van der Waals surface area contributed by atoms with E-state index >= 15 is 0 Å². The van der Waals surface area contributed by atoms with Gasteiger partial charge in [0.15, 0.2) is 0 Å². The summed E-state index contributed by atoms with van der Waals surface area (Å²) in [6.45, 7) is 3.09. The van der Waals surface area contributed by atoms with Crippen LogP contribution in [-0.2, 0) is 11.2 Å². The summed E-state index contributed by atoms with van der Waals surface area (Å²) < 4.78 is 18.4. The van der Waals surface area contributed by atoms with Crippen LogP contribution >= 0.6 is 0 Å². The van der Waals surface area contributed by atoms with Gasteiger partial charge in [-0.3, -0.25) is 0 Å². The van der Waals surface area contributed by atoms with Gasteiger partial charge in [-0.2, -0.15) is 0 Å². The van der Waals surface area contributed by atoms with Gasteiger partial charge in [0.1, 0.15) is 5.82 Å². The fraction of sp³-hybridized carbons (Fsp3) is 0.684. The Balaban J connectivity index is 1.50. The zero-order valence-corrected chi connectivity index (χ0v) is 14.5. The highest BCUT2D eigenvalue weighted by molar-refractivity contribution is 5.33. The molecule has 1 heterocycles. The zero-order valence-electron chi connectivity index (χ0n) is 14.5. The normalized spacial score (nSPS) is 23.9. The van der Waals surface area contributed by atoms with Crippen molar-refractivity contribution in [2.75, 3.05) is 33.4 Å². The number of nitrogens with zero attached hydrogens (tertiary/aromatic N) is 1. The largest absolute Gasteiger partial charge is 0.389 e. The molecule has 5 heteroatoms. The fourth-order valence-corrected chi connectivity index (χ4v) is 4.07. The quantitative estimate of drug-likeness (QED) is 0.836. The van der Waals surface area contributed by atoms with Crippen LogP contribution in [0.1, 0.15) is 42.9 Å². The number of halogens is 1. The average Bonchev–Trinajstić information content (AvgIpc) is 2.57. The van der Waals surface area contributed by atoms with Crippen molar-refractivity contribution >= 4 is 0 Å². The van der Waals surface area contributed by atoms with E-state index in [0.717, 1.165) is 45.2 Å². The molecule has 1 aliphatic carbocycles. The number of hydrogen-bond donors (Lipinski definition) is 2. The molecule has 1 aromatic carbocycles. The molecular formula is C19H29FN2O2. The van der Waals surface area contributed by atoms with E-state index in [-0.39, 0.29) is 5.82 Å². The lowest BCUT2D eigenvalue weighted by Gasteiger charge is -2.36. The highest BCUT2D eigenvalue weighted by atomic mass is 19.1. The van der Waals surface area contributed by atoms with Crippen molar-refractivity contribution in [1.29, 1.82) is 0 Å². The molecule has 1 saturated heterocycles. The van der Waals surface area contributed by atoms with Crippen LogP contribution in [0.15, 0.2) is 18.2 Å². The van der Waals surface area contributed by atoms with Gasteiger partial charge in [-0.05, 0) is 68.5 Å². The summed E-state index contributed by atoms with van der Waals surface area (Å²) in [5.74, 6) is -0.127. The molecule has 0 unspecified atom stereocenters. The second-order valence-electron chi connectivity index (χ2n) is 7.14. The standard InChI is InChI=1S/C19H29FN2O2/c1-24-13-17(23)12-22-9-7-16(8-10-22)21-19-4-2-3-14-11-15(20)5-6-18(14)19/h5-6,11,16-17,19,21,23H,2-4,7-10,12-13H2,1H3/t17-,19+/m1/s1. The lowest BCUT2D eigenvalue weighted by atomic mass is 9.86. The average molecular weight is 336 g/mol. The van der Waals surface area contributed by atoms with E-state index < -0.39 is 6.10 Å². The molecule has 0 spiro atoms.